The van der Waals surface area contributed by atoms with E-state index in [9.17, 15) is 4.79 Å². The Morgan fingerprint density at radius 1 is 1.40 bits per heavy atom. The molecule has 1 aromatic rings. The zero-order valence-corrected chi connectivity index (χ0v) is 7.71. The Bertz CT molecular complexity index is 373. The van der Waals surface area contributed by atoms with E-state index in [0.29, 0.717) is 0 Å². The molecule has 1 rings (SSSR count). The SMILES string of the molecule is C=CC(Nc1nc(N)nc(N)n1)C(=O)O. The summed E-state index contributed by atoms with van der Waals surface area (Å²) in [4.78, 5) is 21.5. The topological polar surface area (TPSA) is 140 Å². The average molecular weight is 210 g/mol. The summed E-state index contributed by atoms with van der Waals surface area (Å²) >= 11 is 0. The van der Waals surface area contributed by atoms with Gasteiger partial charge in [-0.1, -0.05) is 6.08 Å². The Labute approximate surface area is 85.0 Å². The van der Waals surface area contributed by atoms with Gasteiger partial charge >= 0.3 is 5.97 Å². The highest BCUT2D eigenvalue weighted by Crippen LogP contribution is 2.05. The van der Waals surface area contributed by atoms with Gasteiger partial charge in [0, 0.05) is 0 Å². The first-order valence-corrected chi connectivity index (χ1v) is 3.92. The van der Waals surface area contributed by atoms with Gasteiger partial charge in [0.05, 0.1) is 0 Å². The summed E-state index contributed by atoms with van der Waals surface area (Å²) in [6.07, 6.45) is 1.19. The Morgan fingerprint density at radius 2 is 1.93 bits per heavy atom. The molecule has 0 amide bonds. The number of aromatic nitrogens is 3. The number of rotatable bonds is 4. The molecule has 0 radical (unpaired) electrons. The molecule has 0 saturated heterocycles. The Balaban J connectivity index is 2.88. The lowest BCUT2D eigenvalue weighted by Gasteiger charge is -2.09. The number of nitrogens with two attached hydrogens (primary N) is 2. The van der Waals surface area contributed by atoms with Crippen molar-refractivity contribution in [3.63, 3.8) is 0 Å². The van der Waals surface area contributed by atoms with Gasteiger partial charge in [0.2, 0.25) is 17.8 Å². The van der Waals surface area contributed by atoms with E-state index in [1.165, 1.54) is 6.08 Å². The molecule has 1 atom stereocenters. The van der Waals surface area contributed by atoms with Crippen molar-refractivity contribution in [2.75, 3.05) is 16.8 Å². The molecule has 1 heterocycles. The number of aliphatic carboxylic acids is 1. The van der Waals surface area contributed by atoms with Crippen LogP contribution in [0.4, 0.5) is 17.8 Å². The summed E-state index contributed by atoms with van der Waals surface area (Å²) in [6, 6.07) is -1.01. The molecule has 0 spiro atoms. The molecule has 1 aromatic heterocycles. The molecule has 8 heteroatoms. The van der Waals surface area contributed by atoms with E-state index in [4.69, 9.17) is 16.6 Å². The largest absolute Gasteiger partial charge is 0.479 e. The third-order valence-corrected chi connectivity index (χ3v) is 1.46. The lowest BCUT2D eigenvalue weighted by atomic mass is 10.3. The van der Waals surface area contributed by atoms with Crippen LogP contribution in [0.15, 0.2) is 12.7 Å². The van der Waals surface area contributed by atoms with Gasteiger partial charge in [-0.3, -0.25) is 0 Å². The van der Waals surface area contributed by atoms with Crippen LogP contribution in [0, 0.1) is 0 Å². The molecule has 0 saturated carbocycles. The van der Waals surface area contributed by atoms with E-state index in [1.54, 1.807) is 0 Å². The van der Waals surface area contributed by atoms with E-state index in [1.807, 2.05) is 0 Å². The van der Waals surface area contributed by atoms with Crippen molar-refractivity contribution in [2.45, 2.75) is 6.04 Å². The maximum absolute atomic E-state index is 10.6. The standard InChI is InChI=1S/C7H10N6O2/c1-2-3(4(14)15)10-7-12-5(8)11-6(9)13-7/h2-3H,1H2,(H,14,15)(H5,8,9,10,11,12,13). The maximum Gasteiger partial charge on any atom is 0.330 e. The summed E-state index contributed by atoms with van der Waals surface area (Å²) in [5.41, 5.74) is 10.6. The molecule has 0 aliphatic carbocycles. The van der Waals surface area contributed by atoms with Gasteiger partial charge in [-0.05, 0) is 0 Å². The molecule has 0 aliphatic rings. The van der Waals surface area contributed by atoms with Crippen molar-refractivity contribution in [2.24, 2.45) is 0 Å². The molecule has 6 N–H and O–H groups in total. The minimum absolute atomic E-state index is 0.00713. The average Bonchev–Trinajstić information content (AvgIpc) is 2.12. The van der Waals surface area contributed by atoms with Crippen molar-refractivity contribution >= 4 is 23.8 Å². The zero-order valence-electron chi connectivity index (χ0n) is 7.71. The summed E-state index contributed by atoms with van der Waals surface area (Å²) in [5.74, 6) is -1.29. The van der Waals surface area contributed by atoms with Crippen LogP contribution in [0.5, 0.6) is 0 Å². The van der Waals surface area contributed by atoms with Gasteiger partial charge in [0.25, 0.3) is 0 Å². The highest BCUT2D eigenvalue weighted by Gasteiger charge is 2.14. The number of hydrogen-bond acceptors (Lipinski definition) is 7. The second-order valence-corrected chi connectivity index (χ2v) is 2.57. The molecule has 1 unspecified atom stereocenters. The second-order valence-electron chi connectivity index (χ2n) is 2.57. The van der Waals surface area contributed by atoms with Gasteiger partial charge in [0.15, 0.2) is 0 Å². The molecule has 0 aromatic carbocycles. The number of anilines is 3. The molecule has 80 valence electrons. The highest BCUT2D eigenvalue weighted by molar-refractivity contribution is 5.78. The van der Waals surface area contributed by atoms with Crippen molar-refractivity contribution in [3.05, 3.63) is 12.7 Å². The molecular weight excluding hydrogens is 200 g/mol. The van der Waals surface area contributed by atoms with E-state index in [2.05, 4.69) is 26.8 Å². The van der Waals surface area contributed by atoms with Gasteiger partial charge in [-0.25, -0.2) is 4.79 Å². The first-order valence-electron chi connectivity index (χ1n) is 3.92. The van der Waals surface area contributed by atoms with Gasteiger partial charge in [-0.2, -0.15) is 15.0 Å². The first-order chi connectivity index (χ1) is 7.02. The van der Waals surface area contributed by atoms with Crippen molar-refractivity contribution < 1.29 is 9.90 Å². The van der Waals surface area contributed by atoms with Gasteiger partial charge < -0.3 is 21.9 Å². The minimum Gasteiger partial charge on any atom is -0.479 e. The van der Waals surface area contributed by atoms with Gasteiger partial charge in [-0.15, -0.1) is 6.58 Å². The number of carboxylic acids is 1. The fourth-order valence-electron chi connectivity index (χ4n) is 0.834. The summed E-state index contributed by atoms with van der Waals surface area (Å²) in [6.45, 7) is 3.35. The Morgan fingerprint density at radius 3 is 2.33 bits per heavy atom. The van der Waals surface area contributed by atoms with Crippen LogP contribution >= 0.6 is 0 Å². The van der Waals surface area contributed by atoms with E-state index in [-0.39, 0.29) is 17.8 Å². The fourth-order valence-corrected chi connectivity index (χ4v) is 0.834. The number of carbonyl (C=O) groups is 1. The van der Waals surface area contributed by atoms with Crippen LogP contribution in [0.1, 0.15) is 0 Å². The van der Waals surface area contributed by atoms with Crippen LogP contribution in [0.25, 0.3) is 0 Å². The summed E-state index contributed by atoms with van der Waals surface area (Å²) < 4.78 is 0. The molecule has 0 aliphatic heterocycles. The fraction of sp³-hybridized carbons (Fsp3) is 0.143. The number of nitrogen functional groups attached to an aromatic ring is 2. The van der Waals surface area contributed by atoms with E-state index >= 15 is 0 Å². The normalized spacial score (nSPS) is 11.7. The van der Waals surface area contributed by atoms with Crippen LogP contribution in [-0.4, -0.2) is 32.1 Å². The molecule has 0 fully saturated rings. The molecular formula is C7H10N6O2. The van der Waals surface area contributed by atoms with Crippen LogP contribution < -0.4 is 16.8 Å². The van der Waals surface area contributed by atoms with Crippen molar-refractivity contribution in [1.82, 2.24) is 15.0 Å². The third kappa shape index (κ3) is 2.79. The van der Waals surface area contributed by atoms with E-state index in [0.717, 1.165) is 0 Å². The number of nitrogens with zero attached hydrogens (tertiary/aromatic N) is 3. The number of nitrogens with one attached hydrogen (secondary N) is 1. The molecule has 8 nitrogen and oxygen atoms in total. The predicted octanol–water partition coefficient (Wildman–Crippen LogP) is -0.913. The first kappa shape index (κ1) is 10.7. The minimum atomic E-state index is -1.11. The highest BCUT2D eigenvalue weighted by atomic mass is 16.4. The molecule has 0 bridgehead atoms. The predicted molar refractivity (Wildman–Crippen MR) is 53.9 cm³/mol. The second kappa shape index (κ2) is 4.22. The van der Waals surface area contributed by atoms with Gasteiger partial charge in [0.1, 0.15) is 6.04 Å². The zero-order chi connectivity index (χ0) is 11.4. The smallest absolute Gasteiger partial charge is 0.330 e. The lowest BCUT2D eigenvalue weighted by Crippen LogP contribution is -2.28. The maximum atomic E-state index is 10.6. The summed E-state index contributed by atoms with van der Waals surface area (Å²) in [7, 11) is 0. The lowest BCUT2D eigenvalue weighted by molar-refractivity contribution is -0.136. The van der Waals surface area contributed by atoms with Crippen LogP contribution in [0.2, 0.25) is 0 Å². The van der Waals surface area contributed by atoms with Crippen molar-refractivity contribution in [1.29, 1.82) is 0 Å². The van der Waals surface area contributed by atoms with Crippen LogP contribution in [0.3, 0.4) is 0 Å². The monoisotopic (exact) mass is 210 g/mol. The molecule has 15 heavy (non-hydrogen) atoms. The quantitative estimate of drug-likeness (QED) is 0.468. The number of carboxylic acid groups (broad SMARTS) is 1. The third-order valence-electron chi connectivity index (χ3n) is 1.46. The van der Waals surface area contributed by atoms with E-state index < -0.39 is 12.0 Å². The number of hydrogen-bond donors (Lipinski definition) is 4. The van der Waals surface area contributed by atoms with Crippen molar-refractivity contribution in [3.8, 4) is 0 Å². The van der Waals surface area contributed by atoms with Crippen LogP contribution in [-0.2, 0) is 4.79 Å². The summed E-state index contributed by atoms with van der Waals surface area (Å²) in [5, 5.41) is 11.2. The Hall–Kier alpha value is -2.38. The Kier molecular flexibility index (Phi) is 3.01.